The van der Waals surface area contributed by atoms with E-state index in [0.29, 0.717) is 5.76 Å². The number of hydrogen-bond donors (Lipinski definition) is 0. The van der Waals surface area contributed by atoms with Crippen molar-refractivity contribution in [1.29, 1.82) is 0 Å². The average molecular weight is 540 g/mol. The fraction of sp³-hybridized carbons (Fsp3) is 0.452. The molecule has 0 amide bonds. The average Bonchev–Trinajstić information content (AvgIpc) is 3.39. The summed E-state index contributed by atoms with van der Waals surface area (Å²) < 4.78 is 7.56. The molecular formula is C31H37N7O2. The summed E-state index contributed by atoms with van der Waals surface area (Å²) in [4.78, 5) is 27.0. The van der Waals surface area contributed by atoms with Gasteiger partial charge in [0, 0.05) is 62.5 Å². The number of hydrogen-bond acceptors (Lipinski definition) is 8. The van der Waals surface area contributed by atoms with Crippen LogP contribution in [0.15, 0.2) is 53.5 Å². The van der Waals surface area contributed by atoms with E-state index in [4.69, 9.17) is 4.42 Å². The van der Waals surface area contributed by atoms with Gasteiger partial charge in [-0.25, -0.2) is 4.68 Å². The lowest BCUT2D eigenvalue weighted by Gasteiger charge is -2.36. The van der Waals surface area contributed by atoms with E-state index in [9.17, 15) is 4.79 Å². The van der Waals surface area contributed by atoms with Gasteiger partial charge in [-0.2, -0.15) is 0 Å². The Bertz CT molecular complexity index is 1500. The first kappa shape index (κ1) is 26.4. The van der Waals surface area contributed by atoms with E-state index in [1.54, 1.807) is 16.9 Å². The lowest BCUT2D eigenvalue weighted by molar-refractivity contribution is 0.0963. The number of Topliss-reactive ketones (excluding diaryl/α,β-unsaturated/α-hetero) is 1. The van der Waals surface area contributed by atoms with Crippen LogP contribution in [-0.2, 0) is 11.8 Å². The van der Waals surface area contributed by atoms with Gasteiger partial charge in [0.2, 0.25) is 5.78 Å². The maximum Gasteiger partial charge on any atom is 0.202 e. The van der Waals surface area contributed by atoms with E-state index < -0.39 is 0 Å². The fourth-order valence-corrected chi connectivity index (χ4v) is 5.16. The normalized spacial score (nSPS) is 16.4. The van der Waals surface area contributed by atoms with E-state index in [1.807, 2.05) is 37.6 Å². The number of carbonyl (C=O) groups excluding carboxylic acids is 1. The first-order chi connectivity index (χ1) is 19.2. The highest BCUT2D eigenvalue weighted by Crippen LogP contribution is 2.31. The first-order valence-corrected chi connectivity index (χ1v) is 14.2. The standard InChI is InChI=1S/C31H37N7O2/c1-21-27(13-23(16-33-21)14-28(39)29-7-8-30(40-29)31(2,3)4)38-20-26(34-35-38)24-15-25(18-32-17-24)37-11-9-36(10-12-37)19-22-5-6-22/h7-8,13,15-18,20,22H,5-6,9-12,14,19H2,1-4H3. The van der Waals surface area contributed by atoms with Crippen LogP contribution in [0.5, 0.6) is 0 Å². The van der Waals surface area contributed by atoms with Crippen molar-refractivity contribution >= 4 is 11.5 Å². The zero-order valence-electron chi connectivity index (χ0n) is 23.8. The van der Waals surface area contributed by atoms with Gasteiger partial charge in [0.15, 0.2) is 5.76 Å². The molecule has 0 atom stereocenters. The SMILES string of the molecule is Cc1ncc(CC(=O)c2ccc(C(C)(C)C)o2)cc1-n1cc(-c2cncc(N3CCN(CC4CC4)CC3)c2)nn1. The Labute approximate surface area is 235 Å². The predicted molar refractivity (Wildman–Crippen MR) is 154 cm³/mol. The summed E-state index contributed by atoms with van der Waals surface area (Å²) in [6.45, 7) is 13.6. The van der Waals surface area contributed by atoms with Gasteiger partial charge in [0.25, 0.3) is 0 Å². The molecule has 4 aromatic heterocycles. The van der Waals surface area contributed by atoms with Crippen LogP contribution in [0.25, 0.3) is 16.9 Å². The molecule has 9 nitrogen and oxygen atoms in total. The number of carbonyl (C=O) groups is 1. The van der Waals surface area contributed by atoms with E-state index in [0.717, 1.165) is 71.7 Å². The molecule has 40 heavy (non-hydrogen) atoms. The number of anilines is 1. The van der Waals surface area contributed by atoms with Crippen molar-refractivity contribution in [2.45, 2.75) is 52.4 Å². The molecular weight excluding hydrogens is 502 g/mol. The van der Waals surface area contributed by atoms with Gasteiger partial charge < -0.3 is 9.32 Å². The fourth-order valence-electron chi connectivity index (χ4n) is 5.16. The van der Waals surface area contributed by atoms with Gasteiger partial charge >= 0.3 is 0 Å². The topological polar surface area (TPSA) is 93.2 Å². The number of piperazine rings is 1. The summed E-state index contributed by atoms with van der Waals surface area (Å²) in [6.07, 6.45) is 10.4. The number of pyridine rings is 2. The molecule has 1 aliphatic carbocycles. The molecule has 0 spiro atoms. The van der Waals surface area contributed by atoms with Gasteiger partial charge in [-0.05, 0) is 55.5 Å². The molecule has 0 radical (unpaired) electrons. The maximum absolute atomic E-state index is 12.9. The molecule has 9 heteroatoms. The summed E-state index contributed by atoms with van der Waals surface area (Å²) in [5, 5.41) is 8.84. The molecule has 0 N–H and O–H groups in total. The minimum Gasteiger partial charge on any atom is -0.457 e. The van der Waals surface area contributed by atoms with Crippen LogP contribution in [0.3, 0.4) is 0 Å². The Kier molecular flexibility index (Phi) is 7.00. The Hall–Kier alpha value is -3.85. The van der Waals surface area contributed by atoms with Crippen molar-refractivity contribution in [3.05, 3.63) is 71.8 Å². The summed E-state index contributed by atoms with van der Waals surface area (Å²) >= 11 is 0. The molecule has 0 bridgehead atoms. The van der Waals surface area contributed by atoms with E-state index >= 15 is 0 Å². The van der Waals surface area contributed by atoms with Crippen LogP contribution in [0, 0.1) is 12.8 Å². The zero-order chi connectivity index (χ0) is 27.9. The number of aromatic nitrogens is 5. The van der Waals surface area contributed by atoms with Crippen LogP contribution >= 0.6 is 0 Å². The molecule has 2 fully saturated rings. The largest absolute Gasteiger partial charge is 0.457 e. The molecule has 2 aliphatic rings. The molecule has 6 rings (SSSR count). The van der Waals surface area contributed by atoms with E-state index in [2.05, 4.69) is 56.9 Å². The number of furan rings is 1. The van der Waals surface area contributed by atoms with Crippen LogP contribution < -0.4 is 4.90 Å². The van der Waals surface area contributed by atoms with Gasteiger partial charge in [-0.1, -0.05) is 26.0 Å². The molecule has 1 aliphatic heterocycles. The van der Waals surface area contributed by atoms with Crippen molar-refractivity contribution < 1.29 is 9.21 Å². The lowest BCUT2D eigenvalue weighted by atomic mass is 9.94. The van der Waals surface area contributed by atoms with Crippen molar-refractivity contribution in [2.24, 2.45) is 5.92 Å². The number of ketones is 1. The highest BCUT2D eigenvalue weighted by molar-refractivity contribution is 5.95. The van der Waals surface area contributed by atoms with Gasteiger partial charge in [0.1, 0.15) is 11.5 Å². The second-order valence-corrected chi connectivity index (χ2v) is 12.2. The molecule has 1 saturated carbocycles. The zero-order valence-corrected chi connectivity index (χ0v) is 23.8. The van der Waals surface area contributed by atoms with E-state index in [-0.39, 0.29) is 17.6 Å². The van der Waals surface area contributed by atoms with Gasteiger partial charge in [-0.15, -0.1) is 5.10 Å². The van der Waals surface area contributed by atoms with Crippen molar-refractivity contribution in [2.75, 3.05) is 37.6 Å². The maximum atomic E-state index is 12.9. The number of aryl methyl sites for hydroxylation is 1. The Balaban J connectivity index is 1.16. The smallest absolute Gasteiger partial charge is 0.202 e. The van der Waals surface area contributed by atoms with Crippen LogP contribution in [0.2, 0.25) is 0 Å². The Morgan fingerprint density at radius 3 is 2.58 bits per heavy atom. The first-order valence-electron chi connectivity index (χ1n) is 14.2. The Morgan fingerprint density at radius 2 is 1.85 bits per heavy atom. The number of nitrogens with zero attached hydrogens (tertiary/aromatic N) is 7. The van der Waals surface area contributed by atoms with Crippen molar-refractivity contribution in [3.63, 3.8) is 0 Å². The summed E-state index contributed by atoms with van der Waals surface area (Å²) in [7, 11) is 0. The third-order valence-electron chi connectivity index (χ3n) is 7.81. The van der Waals surface area contributed by atoms with Gasteiger partial charge in [-0.3, -0.25) is 19.7 Å². The second-order valence-electron chi connectivity index (χ2n) is 12.2. The molecule has 0 unspecified atom stereocenters. The molecule has 5 heterocycles. The van der Waals surface area contributed by atoms with Crippen molar-refractivity contribution in [3.8, 4) is 16.9 Å². The quantitative estimate of drug-likeness (QED) is 0.293. The molecule has 0 aromatic carbocycles. The Morgan fingerprint density at radius 1 is 1.05 bits per heavy atom. The minimum absolute atomic E-state index is 0.0809. The highest BCUT2D eigenvalue weighted by Gasteiger charge is 2.27. The van der Waals surface area contributed by atoms with E-state index in [1.165, 1.54) is 19.4 Å². The molecule has 208 valence electrons. The van der Waals surface area contributed by atoms with Crippen LogP contribution in [0.4, 0.5) is 5.69 Å². The number of rotatable bonds is 8. The monoisotopic (exact) mass is 539 g/mol. The minimum atomic E-state index is -0.151. The summed E-state index contributed by atoms with van der Waals surface area (Å²) in [5.41, 5.74) is 5.01. The molecule has 4 aromatic rings. The lowest BCUT2D eigenvalue weighted by Crippen LogP contribution is -2.47. The predicted octanol–water partition coefficient (Wildman–Crippen LogP) is 4.88. The van der Waals surface area contributed by atoms with Crippen molar-refractivity contribution in [1.82, 2.24) is 29.9 Å². The summed E-state index contributed by atoms with van der Waals surface area (Å²) in [6, 6.07) is 7.72. The van der Waals surface area contributed by atoms with Gasteiger partial charge in [0.05, 0.1) is 29.5 Å². The van der Waals surface area contributed by atoms with Crippen LogP contribution in [0.1, 0.15) is 61.2 Å². The third-order valence-corrected chi connectivity index (χ3v) is 7.81. The second kappa shape index (κ2) is 10.6. The third kappa shape index (κ3) is 5.84. The molecule has 1 saturated heterocycles. The highest BCUT2D eigenvalue weighted by atomic mass is 16.3. The summed E-state index contributed by atoms with van der Waals surface area (Å²) in [5.74, 6) is 2.01. The van der Waals surface area contributed by atoms with Crippen LogP contribution in [-0.4, -0.2) is 68.4 Å².